The Morgan fingerprint density at radius 1 is 1.00 bits per heavy atom. The Morgan fingerprint density at radius 2 is 1.80 bits per heavy atom. The number of benzene rings is 2. The van der Waals surface area contributed by atoms with Crippen LogP contribution in [0.2, 0.25) is 0 Å². The van der Waals surface area contributed by atoms with E-state index in [1.54, 1.807) is 7.11 Å². The predicted molar refractivity (Wildman–Crippen MR) is 79.3 cm³/mol. The van der Waals surface area contributed by atoms with Gasteiger partial charge in [-0.1, -0.05) is 29.8 Å². The molecule has 0 spiro atoms. The molecule has 0 saturated carbocycles. The van der Waals surface area contributed by atoms with E-state index in [9.17, 15) is 0 Å². The van der Waals surface area contributed by atoms with Crippen molar-refractivity contribution in [1.82, 2.24) is 0 Å². The molecule has 0 aliphatic heterocycles. The quantitative estimate of drug-likeness (QED) is 0.878. The molecule has 0 aromatic heterocycles. The molecule has 0 aliphatic carbocycles. The van der Waals surface area contributed by atoms with Crippen LogP contribution < -0.4 is 9.47 Å². The minimum absolute atomic E-state index is 0.119. The standard InChI is InChI=1S/C17H20O3/c1-13-7-8-16(19-2)15(11-13)12-20-17-6-4-3-5-14(17)9-10-18/h3-8,11,18H,9-10,12H2,1-2H3. The zero-order valence-electron chi connectivity index (χ0n) is 11.9. The molecule has 0 amide bonds. The highest BCUT2D eigenvalue weighted by molar-refractivity contribution is 5.38. The average molecular weight is 272 g/mol. The fourth-order valence-electron chi connectivity index (χ4n) is 2.15. The van der Waals surface area contributed by atoms with Crippen LogP contribution in [0.1, 0.15) is 16.7 Å². The summed E-state index contributed by atoms with van der Waals surface area (Å²) in [6, 6.07) is 13.8. The maximum atomic E-state index is 9.07. The number of hydrogen-bond donors (Lipinski definition) is 1. The van der Waals surface area contributed by atoms with E-state index in [4.69, 9.17) is 14.6 Å². The third kappa shape index (κ3) is 3.52. The Morgan fingerprint density at radius 3 is 2.55 bits per heavy atom. The average Bonchev–Trinajstić information content (AvgIpc) is 2.47. The van der Waals surface area contributed by atoms with E-state index >= 15 is 0 Å². The van der Waals surface area contributed by atoms with Gasteiger partial charge in [-0.3, -0.25) is 0 Å². The molecule has 2 aromatic rings. The lowest BCUT2D eigenvalue weighted by Gasteiger charge is -2.13. The maximum Gasteiger partial charge on any atom is 0.125 e. The number of aryl methyl sites for hydroxylation is 1. The summed E-state index contributed by atoms with van der Waals surface area (Å²) in [7, 11) is 1.66. The predicted octanol–water partition coefficient (Wildman–Crippen LogP) is 3.12. The SMILES string of the molecule is COc1ccc(C)cc1COc1ccccc1CCO. The van der Waals surface area contributed by atoms with Gasteiger partial charge >= 0.3 is 0 Å². The number of hydrogen-bond acceptors (Lipinski definition) is 3. The first-order chi connectivity index (χ1) is 9.74. The van der Waals surface area contributed by atoms with Crippen molar-refractivity contribution in [2.75, 3.05) is 13.7 Å². The van der Waals surface area contributed by atoms with E-state index in [1.165, 1.54) is 5.56 Å². The molecule has 106 valence electrons. The fourth-order valence-corrected chi connectivity index (χ4v) is 2.15. The van der Waals surface area contributed by atoms with Gasteiger partial charge in [0.15, 0.2) is 0 Å². The Bertz CT molecular complexity index is 564. The normalized spacial score (nSPS) is 10.3. The van der Waals surface area contributed by atoms with Crippen molar-refractivity contribution in [2.45, 2.75) is 20.0 Å². The van der Waals surface area contributed by atoms with Gasteiger partial charge in [-0.15, -0.1) is 0 Å². The van der Waals surface area contributed by atoms with Gasteiger partial charge in [0, 0.05) is 12.2 Å². The van der Waals surface area contributed by atoms with E-state index in [1.807, 2.05) is 43.3 Å². The van der Waals surface area contributed by atoms with Crippen LogP contribution in [-0.4, -0.2) is 18.8 Å². The van der Waals surface area contributed by atoms with Gasteiger partial charge in [0.05, 0.1) is 7.11 Å². The molecule has 3 nitrogen and oxygen atoms in total. The van der Waals surface area contributed by atoms with Crippen LogP contribution in [0, 0.1) is 6.92 Å². The van der Waals surface area contributed by atoms with Gasteiger partial charge in [0.2, 0.25) is 0 Å². The monoisotopic (exact) mass is 272 g/mol. The van der Waals surface area contributed by atoms with Crippen molar-refractivity contribution in [2.24, 2.45) is 0 Å². The lowest BCUT2D eigenvalue weighted by Crippen LogP contribution is -2.02. The van der Waals surface area contributed by atoms with E-state index in [0.717, 1.165) is 22.6 Å². The Kier molecular flexibility index (Phi) is 5.02. The molecule has 0 heterocycles. The number of rotatable bonds is 6. The molecule has 0 fully saturated rings. The number of aliphatic hydroxyl groups excluding tert-OH is 1. The first-order valence-electron chi connectivity index (χ1n) is 6.69. The number of methoxy groups -OCH3 is 1. The van der Waals surface area contributed by atoms with Gasteiger partial charge in [-0.05, 0) is 37.1 Å². The molecule has 0 radical (unpaired) electrons. The summed E-state index contributed by atoms with van der Waals surface area (Å²) in [4.78, 5) is 0. The third-order valence-corrected chi connectivity index (χ3v) is 3.17. The topological polar surface area (TPSA) is 38.7 Å². The molecule has 2 aromatic carbocycles. The smallest absolute Gasteiger partial charge is 0.125 e. The van der Waals surface area contributed by atoms with E-state index in [2.05, 4.69) is 6.07 Å². The van der Waals surface area contributed by atoms with E-state index in [0.29, 0.717) is 13.0 Å². The van der Waals surface area contributed by atoms with Gasteiger partial charge < -0.3 is 14.6 Å². The van der Waals surface area contributed by atoms with Crippen LogP contribution in [0.4, 0.5) is 0 Å². The second kappa shape index (κ2) is 6.96. The fraction of sp³-hybridized carbons (Fsp3) is 0.294. The summed E-state index contributed by atoms with van der Waals surface area (Å²) in [5.74, 6) is 1.64. The highest BCUT2D eigenvalue weighted by atomic mass is 16.5. The first kappa shape index (κ1) is 14.4. The van der Waals surface area contributed by atoms with Crippen LogP contribution in [0.3, 0.4) is 0 Å². The largest absolute Gasteiger partial charge is 0.496 e. The summed E-state index contributed by atoms with van der Waals surface area (Å²) in [6.07, 6.45) is 0.598. The zero-order valence-corrected chi connectivity index (χ0v) is 11.9. The van der Waals surface area contributed by atoms with Crippen molar-refractivity contribution >= 4 is 0 Å². The molecule has 0 saturated heterocycles. The van der Waals surface area contributed by atoms with Crippen LogP contribution >= 0.6 is 0 Å². The van der Waals surface area contributed by atoms with Crippen LogP contribution in [0.5, 0.6) is 11.5 Å². The molecule has 1 N–H and O–H groups in total. The second-order valence-corrected chi connectivity index (χ2v) is 4.69. The summed E-state index contributed by atoms with van der Waals surface area (Å²) in [5, 5.41) is 9.07. The summed E-state index contributed by atoms with van der Waals surface area (Å²) >= 11 is 0. The molecule has 0 aliphatic rings. The van der Waals surface area contributed by atoms with Crippen LogP contribution in [-0.2, 0) is 13.0 Å². The van der Waals surface area contributed by atoms with Gasteiger partial charge in [0.25, 0.3) is 0 Å². The van der Waals surface area contributed by atoms with Crippen LogP contribution in [0.25, 0.3) is 0 Å². The Hall–Kier alpha value is -2.00. The van der Waals surface area contributed by atoms with Gasteiger partial charge in [-0.2, -0.15) is 0 Å². The van der Waals surface area contributed by atoms with Gasteiger partial charge in [-0.25, -0.2) is 0 Å². The van der Waals surface area contributed by atoms with E-state index in [-0.39, 0.29) is 6.61 Å². The van der Waals surface area contributed by atoms with Crippen molar-refractivity contribution in [1.29, 1.82) is 0 Å². The summed E-state index contributed by atoms with van der Waals surface area (Å²) in [5.41, 5.74) is 3.21. The highest BCUT2D eigenvalue weighted by Crippen LogP contribution is 2.24. The van der Waals surface area contributed by atoms with Gasteiger partial charge in [0.1, 0.15) is 18.1 Å². The lowest BCUT2D eigenvalue weighted by molar-refractivity contribution is 0.280. The molecule has 0 atom stereocenters. The van der Waals surface area contributed by atoms with E-state index < -0.39 is 0 Å². The number of aliphatic hydroxyl groups is 1. The molecule has 2 rings (SSSR count). The first-order valence-corrected chi connectivity index (χ1v) is 6.69. The molecular formula is C17H20O3. The highest BCUT2D eigenvalue weighted by Gasteiger charge is 2.06. The maximum absolute atomic E-state index is 9.07. The molecule has 3 heteroatoms. The Balaban J connectivity index is 2.14. The molecule has 0 unspecified atom stereocenters. The van der Waals surface area contributed by atoms with Crippen LogP contribution in [0.15, 0.2) is 42.5 Å². The van der Waals surface area contributed by atoms with Crippen molar-refractivity contribution in [3.63, 3.8) is 0 Å². The molecular weight excluding hydrogens is 252 g/mol. The van der Waals surface area contributed by atoms with Crippen molar-refractivity contribution in [3.05, 3.63) is 59.2 Å². The minimum Gasteiger partial charge on any atom is -0.496 e. The Labute approximate surface area is 119 Å². The third-order valence-electron chi connectivity index (χ3n) is 3.17. The summed E-state index contributed by atoms with van der Waals surface area (Å²) in [6.45, 7) is 2.62. The minimum atomic E-state index is 0.119. The number of para-hydroxylation sites is 1. The van der Waals surface area contributed by atoms with Crippen molar-refractivity contribution < 1.29 is 14.6 Å². The van der Waals surface area contributed by atoms with Crippen molar-refractivity contribution in [3.8, 4) is 11.5 Å². The lowest BCUT2D eigenvalue weighted by atomic mass is 10.1. The molecule has 20 heavy (non-hydrogen) atoms. The zero-order chi connectivity index (χ0) is 14.4. The summed E-state index contributed by atoms with van der Waals surface area (Å²) < 4.78 is 11.2. The number of ether oxygens (including phenoxy) is 2. The second-order valence-electron chi connectivity index (χ2n) is 4.69. The molecule has 0 bridgehead atoms.